The SMILES string of the molecule is Cc1ccc(C(C)(C)C)cc1S(=O)(=O)N1CCC(C(=O)N(C)Cc2cc(C)c(OCc3ccccc3Cl)c(C)c2)CC1. The van der Waals surface area contributed by atoms with Gasteiger partial charge in [0, 0.05) is 43.2 Å². The Morgan fingerprint density at radius 2 is 1.60 bits per heavy atom. The van der Waals surface area contributed by atoms with E-state index in [2.05, 4.69) is 32.9 Å². The number of halogens is 1. The lowest BCUT2D eigenvalue weighted by molar-refractivity contribution is -0.135. The summed E-state index contributed by atoms with van der Waals surface area (Å²) in [6.45, 7) is 13.6. The number of carbonyl (C=O) groups excluding carboxylic acids is 1. The maximum Gasteiger partial charge on any atom is 0.243 e. The van der Waals surface area contributed by atoms with Gasteiger partial charge in [-0.2, -0.15) is 4.31 Å². The molecule has 1 fully saturated rings. The normalized spacial score (nSPS) is 15.0. The van der Waals surface area contributed by atoms with E-state index in [0.29, 0.717) is 49.0 Å². The van der Waals surface area contributed by atoms with Gasteiger partial charge in [0.05, 0.1) is 4.90 Å². The van der Waals surface area contributed by atoms with E-state index >= 15 is 0 Å². The first kappa shape index (κ1) is 32.1. The van der Waals surface area contributed by atoms with E-state index in [1.165, 1.54) is 0 Å². The van der Waals surface area contributed by atoms with Crippen LogP contribution in [-0.4, -0.2) is 43.7 Å². The molecule has 0 saturated carbocycles. The smallest absolute Gasteiger partial charge is 0.243 e. The van der Waals surface area contributed by atoms with Crippen molar-refractivity contribution in [3.05, 3.63) is 93.0 Å². The predicted molar refractivity (Wildman–Crippen MR) is 170 cm³/mol. The molecule has 1 aliphatic rings. The Balaban J connectivity index is 1.37. The van der Waals surface area contributed by atoms with Crippen molar-refractivity contribution in [1.82, 2.24) is 9.21 Å². The molecule has 0 atom stereocenters. The van der Waals surface area contributed by atoms with Crippen molar-refractivity contribution >= 4 is 27.5 Å². The van der Waals surface area contributed by atoms with E-state index in [0.717, 1.165) is 39.1 Å². The van der Waals surface area contributed by atoms with Crippen LogP contribution in [0.4, 0.5) is 0 Å². The quantitative estimate of drug-likeness (QED) is 0.270. The average Bonchev–Trinajstić information content (AvgIpc) is 2.92. The van der Waals surface area contributed by atoms with Gasteiger partial charge in [0.1, 0.15) is 12.4 Å². The minimum Gasteiger partial charge on any atom is -0.488 e. The molecule has 0 aliphatic carbocycles. The maximum absolute atomic E-state index is 13.6. The number of aryl methyl sites for hydroxylation is 3. The zero-order valence-electron chi connectivity index (χ0n) is 25.8. The van der Waals surface area contributed by atoms with Crippen molar-refractivity contribution in [2.75, 3.05) is 20.1 Å². The minimum atomic E-state index is -3.64. The van der Waals surface area contributed by atoms with Gasteiger partial charge in [0.2, 0.25) is 15.9 Å². The highest BCUT2D eigenvalue weighted by molar-refractivity contribution is 7.89. The zero-order chi connectivity index (χ0) is 30.8. The van der Waals surface area contributed by atoms with Crippen molar-refractivity contribution in [2.45, 2.75) is 77.8 Å². The molecule has 1 saturated heterocycles. The van der Waals surface area contributed by atoms with E-state index in [4.69, 9.17) is 16.3 Å². The average molecular weight is 611 g/mol. The number of benzene rings is 3. The van der Waals surface area contributed by atoms with Crippen LogP contribution in [0.25, 0.3) is 0 Å². The number of amides is 1. The third-order valence-corrected chi connectivity index (χ3v) is 10.5. The van der Waals surface area contributed by atoms with Crippen LogP contribution in [-0.2, 0) is 33.4 Å². The zero-order valence-corrected chi connectivity index (χ0v) is 27.4. The lowest BCUT2D eigenvalue weighted by atomic mass is 9.87. The largest absolute Gasteiger partial charge is 0.488 e. The van der Waals surface area contributed by atoms with E-state index < -0.39 is 10.0 Å². The second-order valence-corrected chi connectivity index (χ2v) is 14.9. The Bertz CT molecular complexity index is 1530. The Kier molecular flexibility index (Phi) is 9.75. The highest BCUT2D eigenvalue weighted by Crippen LogP contribution is 2.32. The lowest BCUT2D eigenvalue weighted by Gasteiger charge is -2.33. The number of hydrogen-bond donors (Lipinski definition) is 0. The summed E-state index contributed by atoms with van der Waals surface area (Å²) in [4.78, 5) is 15.5. The Hall–Kier alpha value is -2.87. The first-order valence-electron chi connectivity index (χ1n) is 14.5. The Morgan fingerprint density at radius 1 is 0.976 bits per heavy atom. The van der Waals surface area contributed by atoms with Gasteiger partial charge in [0.25, 0.3) is 0 Å². The molecule has 3 aromatic carbocycles. The fraction of sp³-hybridized carbons (Fsp3) is 0.441. The fourth-order valence-corrected chi connectivity index (χ4v) is 7.53. The monoisotopic (exact) mass is 610 g/mol. The highest BCUT2D eigenvalue weighted by Gasteiger charge is 2.34. The molecular weight excluding hydrogens is 568 g/mol. The van der Waals surface area contributed by atoms with Crippen LogP contribution in [0.3, 0.4) is 0 Å². The van der Waals surface area contributed by atoms with Crippen LogP contribution in [0.5, 0.6) is 5.75 Å². The number of piperidine rings is 1. The predicted octanol–water partition coefficient (Wildman–Crippen LogP) is 7.20. The van der Waals surface area contributed by atoms with Gasteiger partial charge in [-0.1, -0.05) is 74.8 Å². The first-order chi connectivity index (χ1) is 19.7. The maximum atomic E-state index is 13.6. The Morgan fingerprint density at radius 3 is 2.19 bits per heavy atom. The summed E-state index contributed by atoms with van der Waals surface area (Å²) >= 11 is 6.28. The third-order valence-electron chi connectivity index (χ3n) is 8.12. The summed E-state index contributed by atoms with van der Waals surface area (Å²) < 4.78 is 34.8. The Labute approximate surface area is 256 Å². The molecule has 42 heavy (non-hydrogen) atoms. The van der Waals surface area contributed by atoms with Crippen LogP contribution in [0, 0.1) is 26.7 Å². The molecule has 1 amide bonds. The molecule has 0 spiro atoms. The van der Waals surface area contributed by atoms with E-state index in [1.807, 2.05) is 70.3 Å². The van der Waals surface area contributed by atoms with Crippen molar-refractivity contribution in [2.24, 2.45) is 5.92 Å². The first-order valence-corrected chi connectivity index (χ1v) is 16.3. The number of hydrogen-bond acceptors (Lipinski definition) is 4. The fourth-order valence-electron chi connectivity index (χ4n) is 5.61. The summed E-state index contributed by atoms with van der Waals surface area (Å²) in [5, 5.41) is 0.679. The lowest BCUT2D eigenvalue weighted by Crippen LogP contribution is -2.43. The second kappa shape index (κ2) is 12.8. The number of ether oxygens (including phenoxy) is 1. The van der Waals surface area contributed by atoms with E-state index in [-0.39, 0.29) is 17.2 Å². The van der Waals surface area contributed by atoms with Gasteiger partial charge in [0.15, 0.2) is 0 Å². The number of nitrogens with zero attached hydrogens (tertiary/aromatic N) is 2. The summed E-state index contributed by atoms with van der Waals surface area (Å²) in [5.74, 6) is 0.667. The van der Waals surface area contributed by atoms with Gasteiger partial charge in [-0.3, -0.25) is 4.79 Å². The molecule has 0 aromatic heterocycles. The molecule has 3 aromatic rings. The topological polar surface area (TPSA) is 66.9 Å². The van der Waals surface area contributed by atoms with Crippen molar-refractivity contribution in [3.8, 4) is 5.75 Å². The van der Waals surface area contributed by atoms with Crippen molar-refractivity contribution in [1.29, 1.82) is 0 Å². The molecule has 4 rings (SSSR count). The molecule has 1 heterocycles. The molecule has 0 N–H and O–H groups in total. The van der Waals surface area contributed by atoms with Crippen LogP contribution < -0.4 is 4.74 Å². The van der Waals surface area contributed by atoms with Gasteiger partial charge in [-0.05, 0) is 79.0 Å². The van der Waals surface area contributed by atoms with Crippen LogP contribution in [0.1, 0.15) is 67.0 Å². The van der Waals surface area contributed by atoms with Crippen LogP contribution in [0.2, 0.25) is 5.02 Å². The second-order valence-electron chi connectivity index (χ2n) is 12.5. The van der Waals surface area contributed by atoms with Gasteiger partial charge < -0.3 is 9.64 Å². The van der Waals surface area contributed by atoms with Crippen molar-refractivity contribution in [3.63, 3.8) is 0 Å². The molecule has 226 valence electrons. The van der Waals surface area contributed by atoms with Crippen LogP contribution in [0.15, 0.2) is 59.5 Å². The summed E-state index contributed by atoms with van der Waals surface area (Å²) in [6, 6.07) is 17.5. The molecule has 1 aliphatic heterocycles. The van der Waals surface area contributed by atoms with Gasteiger partial charge in [-0.25, -0.2) is 8.42 Å². The van der Waals surface area contributed by atoms with E-state index in [1.54, 1.807) is 9.21 Å². The summed E-state index contributed by atoms with van der Waals surface area (Å²) in [6.07, 6.45) is 1.01. The number of sulfonamides is 1. The number of carbonyl (C=O) groups is 1. The standard InChI is InChI=1S/C34H43ClN2O4S/c1-23-12-13-29(34(4,5)6)20-31(23)42(39,40)37-16-14-27(15-17-37)33(38)36(7)21-26-18-24(2)32(25(3)19-26)41-22-28-10-8-9-11-30(28)35/h8-13,18-20,27H,14-17,21-22H2,1-7H3. The van der Waals surface area contributed by atoms with E-state index in [9.17, 15) is 13.2 Å². The summed E-state index contributed by atoms with van der Waals surface area (Å²) in [7, 11) is -1.82. The van der Waals surface area contributed by atoms with Gasteiger partial charge in [-0.15, -0.1) is 0 Å². The molecular formula is C34H43ClN2O4S. The molecule has 8 heteroatoms. The third kappa shape index (κ3) is 7.19. The van der Waals surface area contributed by atoms with Crippen LogP contribution >= 0.6 is 11.6 Å². The van der Waals surface area contributed by atoms with Gasteiger partial charge >= 0.3 is 0 Å². The highest BCUT2D eigenvalue weighted by atomic mass is 35.5. The van der Waals surface area contributed by atoms with Crippen molar-refractivity contribution < 1.29 is 17.9 Å². The summed E-state index contributed by atoms with van der Waals surface area (Å²) in [5.41, 5.74) is 5.54. The molecule has 0 bridgehead atoms. The molecule has 0 unspecified atom stereocenters. The molecule has 0 radical (unpaired) electrons. The minimum absolute atomic E-state index is 0.0484. The molecule has 6 nitrogen and oxygen atoms in total. The number of rotatable bonds is 8.